The first-order chi connectivity index (χ1) is 8.66. The number of hydrogen-bond acceptors (Lipinski definition) is 3. The predicted octanol–water partition coefficient (Wildman–Crippen LogP) is 2.22. The summed E-state index contributed by atoms with van der Waals surface area (Å²) in [5, 5.41) is 9.27. The highest BCUT2D eigenvalue weighted by Gasteiger charge is 2.07. The van der Waals surface area contributed by atoms with Gasteiger partial charge in [0, 0.05) is 23.5 Å². The Morgan fingerprint density at radius 1 is 1.15 bits per heavy atom. The van der Waals surface area contributed by atoms with E-state index in [-0.39, 0.29) is 30.8 Å². The molecule has 0 aliphatic carbocycles. The molecule has 2 aromatic rings. The minimum atomic E-state index is -0.395. The number of carbonyl (C=O) groups is 1. The smallest absolute Gasteiger partial charge is 0.257 e. The van der Waals surface area contributed by atoms with Gasteiger partial charge in [0.2, 0.25) is 0 Å². The zero-order chi connectivity index (χ0) is 13.0. The fraction of sp³-hybridized carbons (Fsp3) is 0. The van der Waals surface area contributed by atoms with Crippen molar-refractivity contribution in [2.75, 3.05) is 0 Å². The molecule has 20 heavy (non-hydrogen) atoms. The van der Waals surface area contributed by atoms with Crippen LogP contribution < -0.4 is 11.1 Å². The summed E-state index contributed by atoms with van der Waals surface area (Å²) < 4.78 is 0. The fourth-order valence-corrected chi connectivity index (χ4v) is 1.57. The number of benzene rings is 1. The molecule has 0 aliphatic heterocycles. The number of nitrogens with two attached hydrogens (primary N) is 1. The molecule has 0 spiro atoms. The molecule has 1 amide bonds. The second kappa shape index (κ2) is 8.14. The molecule has 0 saturated heterocycles. The van der Waals surface area contributed by atoms with Crippen LogP contribution in [0.25, 0.3) is 11.1 Å². The number of pyridine rings is 1. The Balaban J connectivity index is 0.00000180. The predicted molar refractivity (Wildman–Crippen MR) is 83.5 cm³/mol. The quantitative estimate of drug-likeness (QED) is 0.586. The van der Waals surface area contributed by atoms with Gasteiger partial charge in [-0.15, -0.1) is 24.8 Å². The zero-order valence-corrected chi connectivity index (χ0v) is 12.0. The second-order valence-electron chi connectivity index (χ2n) is 3.69. The molecule has 1 aromatic carbocycles. The molecule has 106 valence electrons. The summed E-state index contributed by atoms with van der Waals surface area (Å²) in [7, 11) is 0. The van der Waals surface area contributed by atoms with Gasteiger partial charge in [0.25, 0.3) is 5.91 Å². The summed E-state index contributed by atoms with van der Waals surface area (Å²) in [6.07, 6.45) is 3.41. The first kappa shape index (κ1) is 17.9. The van der Waals surface area contributed by atoms with Crippen molar-refractivity contribution < 1.29 is 4.79 Å². The Bertz CT molecular complexity index is 590. The third-order valence-corrected chi connectivity index (χ3v) is 2.37. The number of carbonyl (C=O) groups excluding carboxylic acids is 1. The Morgan fingerprint density at radius 2 is 1.85 bits per heavy atom. The van der Waals surface area contributed by atoms with Gasteiger partial charge in [0.05, 0.1) is 0 Å². The van der Waals surface area contributed by atoms with E-state index in [1.165, 1.54) is 0 Å². The molecule has 0 bridgehead atoms. The molecule has 7 heteroatoms. The normalized spacial score (nSPS) is 8.80. The van der Waals surface area contributed by atoms with Gasteiger partial charge >= 0.3 is 0 Å². The van der Waals surface area contributed by atoms with Crippen LogP contribution in [0, 0.1) is 5.41 Å². The first-order valence-electron chi connectivity index (χ1n) is 5.32. The van der Waals surface area contributed by atoms with Crippen LogP contribution in [0.5, 0.6) is 0 Å². The number of nitrogens with one attached hydrogen (secondary N) is 2. The summed E-state index contributed by atoms with van der Waals surface area (Å²) in [6.45, 7) is 0. The van der Waals surface area contributed by atoms with E-state index in [2.05, 4.69) is 10.3 Å². The molecular formula is C13H14Cl2N4O. The van der Waals surface area contributed by atoms with Crippen LogP contribution in [0.2, 0.25) is 0 Å². The van der Waals surface area contributed by atoms with Gasteiger partial charge in [-0.25, -0.2) is 0 Å². The van der Waals surface area contributed by atoms with Crippen molar-refractivity contribution in [3.8, 4) is 11.1 Å². The van der Waals surface area contributed by atoms with E-state index in [9.17, 15) is 4.79 Å². The molecule has 0 aliphatic rings. The van der Waals surface area contributed by atoms with E-state index < -0.39 is 5.91 Å². The largest absolute Gasteiger partial charge is 0.370 e. The third kappa shape index (κ3) is 4.53. The lowest BCUT2D eigenvalue weighted by atomic mass is 10.0. The maximum absolute atomic E-state index is 11.7. The lowest BCUT2D eigenvalue weighted by Gasteiger charge is -2.05. The van der Waals surface area contributed by atoms with E-state index >= 15 is 0 Å². The van der Waals surface area contributed by atoms with E-state index in [1.54, 1.807) is 30.6 Å². The minimum Gasteiger partial charge on any atom is -0.370 e. The molecule has 0 saturated carbocycles. The van der Waals surface area contributed by atoms with Crippen LogP contribution in [0.4, 0.5) is 0 Å². The van der Waals surface area contributed by atoms with Crippen LogP contribution in [-0.2, 0) is 0 Å². The molecule has 0 atom stereocenters. The van der Waals surface area contributed by atoms with E-state index in [4.69, 9.17) is 11.1 Å². The van der Waals surface area contributed by atoms with Crippen molar-refractivity contribution in [1.29, 1.82) is 5.41 Å². The van der Waals surface area contributed by atoms with Crippen molar-refractivity contribution in [2.45, 2.75) is 0 Å². The Morgan fingerprint density at radius 3 is 2.45 bits per heavy atom. The monoisotopic (exact) mass is 312 g/mol. The summed E-state index contributed by atoms with van der Waals surface area (Å²) in [4.78, 5) is 15.7. The second-order valence-corrected chi connectivity index (χ2v) is 3.69. The average molecular weight is 313 g/mol. The molecule has 0 fully saturated rings. The highest BCUT2D eigenvalue weighted by atomic mass is 35.5. The number of nitrogens with zero attached hydrogens (tertiary/aromatic N) is 1. The fourth-order valence-electron chi connectivity index (χ4n) is 1.57. The molecular weight excluding hydrogens is 299 g/mol. The molecule has 4 N–H and O–H groups in total. The maximum atomic E-state index is 11.7. The number of amides is 1. The van der Waals surface area contributed by atoms with Crippen molar-refractivity contribution in [3.63, 3.8) is 0 Å². The van der Waals surface area contributed by atoms with Crippen molar-refractivity contribution >= 4 is 36.7 Å². The number of halogens is 2. The lowest BCUT2D eigenvalue weighted by molar-refractivity contribution is 0.0976. The van der Waals surface area contributed by atoms with Crippen molar-refractivity contribution in [2.24, 2.45) is 5.73 Å². The maximum Gasteiger partial charge on any atom is 0.257 e. The van der Waals surface area contributed by atoms with Gasteiger partial charge in [0.15, 0.2) is 5.96 Å². The van der Waals surface area contributed by atoms with E-state index in [0.29, 0.717) is 5.56 Å². The SMILES string of the molecule is Cl.Cl.N=C(N)NC(=O)c1cccc(-c2cccnc2)c1. The third-order valence-electron chi connectivity index (χ3n) is 2.37. The first-order valence-corrected chi connectivity index (χ1v) is 5.32. The Hall–Kier alpha value is -2.11. The average Bonchev–Trinajstić information content (AvgIpc) is 2.39. The van der Waals surface area contributed by atoms with Gasteiger partial charge in [-0.05, 0) is 23.8 Å². The molecule has 2 rings (SSSR count). The summed E-state index contributed by atoms with van der Waals surface area (Å²) >= 11 is 0. The number of hydrogen-bond donors (Lipinski definition) is 3. The molecule has 0 unspecified atom stereocenters. The van der Waals surface area contributed by atoms with E-state index in [0.717, 1.165) is 11.1 Å². The van der Waals surface area contributed by atoms with Crippen molar-refractivity contribution in [1.82, 2.24) is 10.3 Å². The highest BCUT2D eigenvalue weighted by Crippen LogP contribution is 2.18. The van der Waals surface area contributed by atoms with Crippen LogP contribution in [-0.4, -0.2) is 16.9 Å². The molecule has 1 aromatic heterocycles. The Kier molecular flexibility index (Phi) is 7.28. The topological polar surface area (TPSA) is 91.9 Å². The summed E-state index contributed by atoms with van der Waals surface area (Å²) in [6, 6.07) is 10.8. The molecule has 0 radical (unpaired) electrons. The molecule has 1 heterocycles. The number of aromatic nitrogens is 1. The summed E-state index contributed by atoms with van der Waals surface area (Å²) in [5.41, 5.74) is 7.39. The molecule has 5 nitrogen and oxygen atoms in total. The van der Waals surface area contributed by atoms with Gasteiger partial charge in [-0.1, -0.05) is 18.2 Å². The van der Waals surface area contributed by atoms with Crippen LogP contribution in [0.3, 0.4) is 0 Å². The highest BCUT2D eigenvalue weighted by molar-refractivity contribution is 6.04. The van der Waals surface area contributed by atoms with Gasteiger partial charge in [-0.3, -0.25) is 20.5 Å². The van der Waals surface area contributed by atoms with Crippen LogP contribution in [0.15, 0.2) is 48.8 Å². The number of guanidine groups is 1. The van der Waals surface area contributed by atoms with Crippen molar-refractivity contribution in [3.05, 3.63) is 54.4 Å². The van der Waals surface area contributed by atoms with Gasteiger partial charge in [-0.2, -0.15) is 0 Å². The van der Waals surface area contributed by atoms with Gasteiger partial charge in [0.1, 0.15) is 0 Å². The van der Waals surface area contributed by atoms with Gasteiger partial charge < -0.3 is 5.73 Å². The summed E-state index contributed by atoms with van der Waals surface area (Å²) in [5.74, 6) is -0.764. The zero-order valence-electron chi connectivity index (χ0n) is 10.4. The standard InChI is InChI=1S/C13H12N4O.2ClH/c14-13(15)17-12(18)10-4-1-3-9(7-10)11-5-2-6-16-8-11;;/h1-8H,(H4,14,15,17,18);2*1H. The van der Waals surface area contributed by atoms with Crippen LogP contribution in [0.1, 0.15) is 10.4 Å². The number of rotatable bonds is 2. The van der Waals surface area contributed by atoms with E-state index in [1.807, 2.05) is 18.2 Å². The minimum absolute atomic E-state index is 0. The van der Waals surface area contributed by atoms with Crippen LogP contribution >= 0.6 is 24.8 Å². The lowest BCUT2D eigenvalue weighted by Crippen LogP contribution is -2.35. The Labute approximate surface area is 128 Å².